The first-order valence-corrected chi connectivity index (χ1v) is 17.1. The molecule has 0 unspecified atom stereocenters. The van der Waals surface area contributed by atoms with E-state index in [1.165, 1.54) is 18.2 Å². The SMILES string of the molecule is C.C.O=CO[O-].O=Cc1ccc(F)cc1Br.O=Cc1ccc(Oc2cccc(OCc3ccccc3)c2)cc1Br.Oc1cccc(OCc2ccccc2)c1.[H-].[K+].[K+]. The van der Waals surface area contributed by atoms with Gasteiger partial charge in [-0.25, -0.2) is 4.39 Å². The van der Waals surface area contributed by atoms with Crippen molar-refractivity contribution in [3.63, 3.8) is 0 Å². The van der Waals surface area contributed by atoms with Crippen molar-refractivity contribution in [3.8, 4) is 28.7 Å². The van der Waals surface area contributed by atoms with Gasteiger partial charge in [-0.3, -0.25) is 14.4 Å². The molecule has 0 saturated carbocycles. The van der Waals surface area contributed by atoms with Gasteiger partial charge in [0.2, 0.25) is 0 Å². The van der Waals surface area contributed by atoms with Gasteiger partial charge < -0.3 is 30.9 Å². The number of benzene rings is 6. The minimum atomic E-state index is -0.350. The van der Waals surface area contributed by atoms with Crippen LogP contribution in [0.1, 0.15) is 48.1 Å². The molecular formula is C43H41Br2FK2O9. The van der Waals surface area contributed by atoms with Gasteiger partial charge >= 0.3 is 103 Å². The molecule has 0 spiro atoms. The molecule has 0 radical (unpaired) electrons. The summed E-state index contributed by atoms with van der Waals surface area (Å²) in [5.74, 6) is 2.61. The quantitative estimate of drug-likeness (QED) is 0.0841. The van der Waals surface area contributed by atoms with Gasteiger partial charge in [-0.05, 0) is 104 Å². The van der Waals surface area contributed by atoms with E-state index in [1.54, 1.807) is 36.4 Å². The number of rotatable bonds is 11. The molecule has 0 amide bonds. The Hall–Kier alpha value is -2.55. The van der Waals surface area contributed by atoms with E-state index in [0.717, 1.165) is 23.2 Å². The van der Waals surface area contributed by atoms with Crippen LogP contribution in [0.15, 0.2) is 155 Å². The minimum Gasteiger partial charge on any atom is -1.00 e. The molecule has 290 valence electrons. The summed E-state index contributed by atoms with van der Waals surface area (Å²) in [6.45, 7) is 0.841. The average Bonchev–Trinajstić information content (AvgIpc) is 3.18. The van der Waals surface area contributed by atoms with Gasteiger partial charge in [-0.1, -0.05) is 87.6 Å². The molecule has 57 heavy (non-hydrogen) atoms. The number of ether oxygens (including phenoxy) is 3. The van der Waals surface area contributed by atoms with E-state index in [0.29, 0.717) is 56.8 Å². The summed E-state index contributed by atoms with van der Waals surface area (Å²) in [6.07, 6.45) is 1.47. The maximum atomic E-state index is 12.3. The van der Waals surface area contributed by atoms with E-state index in [4.69, 9.17) is 24.3 Å². The molecule has 1 N–H and O–H groups in total. The van der Waals surface area contributed by atoms with Crippen LogP contribution in [0.2, 0.25) is 0 Å². The molecule has 0 atom stereocenters. The summed E-state index contributed by atoms with van der Waals surface area (Å²) >= 11 is 6.39. The predicted molar refractivity (Wildman–Crippen MR) is 217 cm³/mol. The molecule has 0 fully saturated rings. The van der Waals surface area contributed by atoms with Crippen molar-refractivity contribution in [2.75, 3.05) is 0 Å². The summed E-state index contributed by atoms with van der Waals surface area (Å²) in [6, 6.07) is 43.3. The minimum absolute atomic E-state index is 0. The number of carbonyl (C=O) groups is 3. The van der Waals surface area contributed by atoms with Crippen LogP contribution in [-0.2, 0) is 22.9 Å². The topological polar surface area (TPSA) is 131 Å². The molecular weight excluding hydrogens is 917 g/mol. The van der Waals surface area contributed by atoms with Gasteiger partial charge in [0.05, 0.1) is 0 Å². The van der Waals surface area contributed by atoms with E-state index in [9.17, 15) is 19.1 Å². The fraction of sp³-hybridized carbons (Fsp3) is 0.0930. The standard InChI is InChI=1S/C20H15BrO3.C13H12O2.C7H4BrFO.CH2O3.2CH4.2K.H/c21-20-12-19(10-9-16(20)13-22)24-18-8-4-7-17(11-18)23-14-15-5-2-1-3-6-15;14-12-7-4-8-13(9-12)15-10-11-5-2-1-3-6-11;8-7-3-6(9)2-1-5(7)4-10;2-1-4-3;;;;;/h1-13H,14H2;1-9,14H,10H2;1-4H;1,3H;2*1H4;;;/q;;;;;;2*+1;-1/p-1. The molecule has 0 bridgehead atoms. The molecule has 6 aromatic rings. The van der Waals surface area contributed by atoms with Crippen LogP contribution < -0.4 is 122 Å². The Morgan fingerprint density at radius 3 is 1.47 bits per heavy atom. The van der Waals surface area contributed by atoms with Crippen LogP contribution >= 0.6 is 31.9 Å². The van der Waals surface area contributed by atoms with Gasteiger partial charge in [0.15, 0.2) is 12.6 Å². The van der Waals surface area contributed by atoms with Crippen LogP contribution in [0.5, 0.6) is 28.7 Å². The van der Waals surface area contributed by atoms with E-state index < -0.39 is 0 Å². The normalized spacial score (nSPS) is 8.91. The first-order valence-electron chi connectivity index (χ1n) is 15.5. The largest absolute Gasteiger partial charge is 1.00 e. The Balaban J connectivity index is -0.000000770. The number of phenolic OH excluding ortho intramolecular Hbond substituents is 1. The second-order valence-electron chi connectivity index (χ2n) is 10.4. The molecule has 0 aliphatic carbocycles. The molecule has 6 rings (SSSR count). The number of halogens is 3. The molecule has 0 aliphatic rings. The van der Waals surface area contributed by atoms with Crippen molar-refractivity contribution in [1.82, 2.24) is 0 Å². The van der Waals surface area contributed by atoms with Crippen LogP contribution in [0.4, 0.5) is 4.39 Å². The zero-order valence-corrected chi connectivity index (χ0v) is 39.3. The fourth-order valence-electron chi connectivity index (χ4n) is 4.08. The molecule has 0 saturated heterocycles. The summed E-state index contributed by atoms with van der Waals surface area (Å²) in [5, 5.41) is 17.7. The number of carbonyl (C=O) groups excluding carboxylic acids is 3. The van der Waals surface area contributed by atoms with Crippen molar-refractivity contribution in [2.45, 2.75) is 28.1 Å². The Kier molecular flexibility index (Phi) is 33.0. The number of hydrogen-bond donors (Lipinski definition) is 1. The third kappa shape index (κ3) is 23.0. The summed E-state index contributed by atoms with van der Waals surface area (Å²) in [4.78, 5) is 32.3. The van der Waals surface area contributed by atoms with Gasteiger partial charge in [0.25, 0.3) is 6.47 Å². The van der Waals surface area contributed by atoms with E-state index >= 15 is 0 Å². The molecule has 9 nitrogen and oxygen atoms in total. The average molecular weight is 959 g/mol. The van der Waals surface area contributed by atoms with Gasteiger partial charge in [-0.2, -0.15) is 0 Å². The third-order valence-corrected chi connectivity index (χ3v) is 7.96. The molecule has 0 heterocycles. The van der Waals surface area contributed by atoms with E-state index in [2.05, 4.69) is 36.7 Å². The van der Waals surface area contributed by atoms with Crippen molar-refractivity contribution in [2.24, 2.45) is 0 Å². The van der Waals surface area contributed by atoms with E-state index in [-0.39, 0.29) is 137 Å². The van der Waals surface area contributed by atoms with Crippen molar-refractivity contribution in [3.05, 3.63) is 183 Å². The smallest absolute Gasteiger partial charge is 1.00 e. The van der Waals surface area contributed by atoms with Crippen LogP contribution in [-0.4, -0.2) is 24.2 Å². The third-order valence-electron chi connectivity index (χ3n) is 6.58. The second-order valence-corrected chi connectivity index (χ2v) is 12.1. The maximum absolute atomic E-state index is 12.3. The Morgan fingerprint density at radius 1 is 0.579 bits per heavy atom. The monoisotopic (exact) mass is 956 g/mol. The summed E-state index contributed by atoms with van der Waals surface area (Å²) < 4.78 is 30.7. The summed E-state index contributed by atoms with van der Waals surface area (Å²) in [7, 11) is 0. The number of hydrogen-bond acceptors (Lipinski definition) is 9. The van der Waals surface area contributed by atoms with Gasteiger partial charge in [-0.15, -0.1) is 0 Å². The Morgan fingerprint density at radius 2 is 1.02 bits per heavy atom. The number of aldehydes is 2. The predicted octanol–water partition coefficient (Wildman–Crippen LogP) is 4.83. The van der Waals surface area contributed by atoms with E-state index in [1.807, 2.05) is 91.0 Å². The zero-order chi connectivity index (χ0) is 38.3. The van der Waals surface area contributed by atoms with Crippen molar-refractivity contribution in [1.29, 1.82) is 0 Å². The first kappa shape index (κ1) is 56.5. The van der Waals surface area contributed by atoms with Crippen LogP contribution in [0.25, 0.3) is 0 Å². The van der Waals surface area contributed by atoms with Crippen molar-refractivity contribution >= 4 is 50.9 Å². The Labute approximate surface area is 436 Å². The molecule has 0 aliphatic heterocycles. The molecule has 14 heteroatoms. The molecule has 6 aromatic carbocycles. The first-order chi connectivity index (χ1) is 25.7. The number of aromatic hydroxyl groups is 1. The van der Waals surface area contributed by atoms with Crippen LogP contribution in [0.3, 0.4) is 0 Å². The molecule has 0 aromatic heterocycles. The zero-order valence-electron chi connectivity index (χ0n) is 30.8. The number of phenols is 1. The van der Waals surface area contributed by atoms with Gasteiger partial charge in [0.1, 0.15) is 47.8 Å². The fourth-order valence-corrected chi connectivity index (χ4v) is 4.98. The Bertz CT molecular complexity index is 2030. The second kappa shape index (κ2) is 33.3. The summed E-state index contributed by atoms with van der Waals surface area (Å²) in [5.41, 5.74) is 3.27. The van der Waals surface area contributed by atoms with Gasteiger partial charge in [0, 0.05) is 32.2 Å². The van der Waals surface area contributed by atoms with Crippen LogP contribution in [0, 0.1) is 5.82 Å². The maximum Gasteiger partial charge on any atom is 1.00 e. The van der Waals surface area contributed by atoms with Crippen molar-refractivity contribution < 1.29 is 152 Å².